The van der Waals surface area contributed by atoms with Crippen molar-refractivity contribution in [3.63, 3.8) is 0 Å². The molecule has 0 aliphatic heterocycles. The van der Waals surface area contributed by atoms with Gasteiger partial charge in [-0.25, -0.2) is 0 Å². The van der Waals surface area contributed by atoms with Gasteiger partial charge in [-0.2, -0.15) is 0 Å². The maximum absolute atomic E-state index is 11.8. The quantitative estimate of drug-likeness (QED) is 0.578. The molecule has 0 saturated carbocycles. The molecule has 0 radical (unpaired) electrons. The molecule has 1 aromatic rings. The van der Waals surface area contributed by atoms with E-state index in [1.54, 1.807) is 12.1 Å². The first-order valence-corrected chi connectivity index (χ1v) is 7.07. The van der Waals surface area contributed by atoms with Crippen LogP contribution in [0, 0.1) is 3.57 Å². The number of hydrogen-bond acceptors (Lipinski definition) is 3. The highest BCUT2D eigenvalue weighted by Crippen LogP contribution is 2.19. The van der Waals surface area contributed by atoms with Gasteiger partial charge in [0.25, 0.3) is 5.91 Å². The Balaban J connectivity index is 2.34. The number of amides is 1. The second-order valence-corrected chi connectivity index (χ2v) is 5.13. The van der Waals surface area contributed by atoms with Gasteiger partial charge in [-0.05, 0) is 53.6 Å². The molecule has 2 N–H and O–H groups in total. The fourth-order valence-electron chi connectivity index (χ4n) is 1.41. The maximum atomic E-state index is 11.8. The Morgan fingerprint density at radius 3 is 2.94 bits per heavy atom. The van der Waals surface area contributed by atoms with E-state index in [9.17, 15) is 9.90 Å². The minimum Gasteiger partial charge on any atom is -0.507 e. The van der Waals surface area contributed by atoms with E-state index >= 15 is 0 Å². The summed E-state index contributed by atoms with van der Waals surface area (Å²) in [5.41, 5.74) is 0.316. The SMILES string of the molecule is CCCOCCCNC(=O)c1cc(I)ccc1O. The molecule has 1 rings (SSSR count). The van der Waals surface area contributed by atoms with E-state index in [-0.39, 0.29) is 11.7 Å². The van der Waals surface area contributed by atoms with Gasteiger partial charge in [-0.1, -0.05) is 6.92 Å². The number of rotatable bonds is 7. The molecule has 0 saturated heterocycles. The largest absolute Gasteiger partial charge is 0.507 e. The van der Waals surface area contributed by atoms with Crippen molar-refractivity contribution in [2.45, 2.75) is 19.8 Å². The second kappa shape index (κ2) is 8.31. The summed E-state index contributed by atoms with van der Waals surface area (Å²) < 4.78 is 6.23. The summed E-state index contributed by atoms with van der Waals surface area (Å²) in [7, 11) is 0. The molecule has 0 aliphatic rings. The molecule has 0 aliphatic carbocycles. The summed E-state index contributed by atoms with van der Waals surface area (Å²) in [6.45, 7) is 4.01. The predicted molar refractivity (Wildman–Crippen MR) is 78.9 cm³/mol. The highest BCUT2D eigenvalue weighted by molar-refractivity contribution is 14.1. The summed E-state index contributed by atoms with van der Waals surface area (Å²) in [6, 6.07) is 4.95. The molecule has 0 unspecified atom stereocenters. The van der Waals surface area contributed by atoms with Gasteiger partial charge >= 0.3 is 0 Å². The third kappa shape index (κ3) is 5.22. The van der Waals surface area contributed by atoms with Gasteiger partial charge in [0.05, 0.1) is 5.56 Å². The average molecular weight is 363 g/mol. The van der Waals surface area contributed by atoms with Crippen LogP contribution in [0.5, 0.6) is 5.75 Å². The van der Waals surface area contributed by atoms with Gasteiger partial charge in [-0.3, -0.25) is 4.79 Å². The molecule has 0 aromatic heterocycles. The summed E-state index contributed by atoms with van der Waals surface area (Å²) in [6.07, 6.45) is 1.78. The molecular formula is C13H18INO3. The zero-order valence-corrected chi connectivity index (χ0v) is 12.6. The van der Waals surface area contributed by atoms with Crippen LogP contribution in [0.25, 0.3) is 0 Å². The number of hydrogen-bond donors (Lipinski definition) is 2. The summed E-state index contributed by atoms with van der Waals surface area (Å²) in [5.74, 6) is -0.239. The van der Waals surface area contributed by atoms with Crippen LogP contribution in [0.1, 0.15) is 30.1 Å². The Bertz CT molecular complexity index is 396. The van der Waals surface area contributed by atoms with Crippen molar-refractivity contribution in [3.05, 3.63) is 27.3 Å². The van der Waals surface area contributed by atoms with E-state index in [1.165, 1.54) is 6.07 Å². The molecule has 100 valence electrons. The van der Waals surface area contributed by atoms with Crippen molar-refractivity contribution >= 4 is 28.5 Å². The fraction of sp³-hybridized carbons (Fsp3) is 0.462. The summed E-state index contributed by atoms with van der Waals surface area (Å²) >= 11 is 2.10. The molecule has 0 fully saturated rings. The van der Waals surface area contributed by atoms with E-state index in [0.717, 1.165) is 23.0 Å². The minimum absolute atomic E-state index is 0.00940. The molecule has 1 aromatic carbocycles. The van der Waals surface area contributed by atoms with Crippen LogP contribution >= 0.6 is 22.6 Å². The van der Waals surface area contributed by atoms with Crippen LogP contribution in [0.4, 0.5) is 0 Å². The molecule has 1 amide bonds. The molecule has 0 heterocycles. The topological polar surface area (TPSA) is 58.6 Å². The molecule has 0 spiro atoms. The molecule has 18 heavy (non-hydrogen) atoms. The number of ether oxygens (including phenoxy) is 1. The minimum atomic E-state index is -0.249. The molecular weight excluding hydrogens is 345 g/mol. The fourth-order valence-corrected chi connectivity index (χ4v) is 1.90. The average Bonchev–Trinajstić information content (AvgIpc) is 2.36. The van der Waals surface area contributed by atoms with Crippen molar-refractivity contribution in [1.82, 2.24) is 5.32 Å². The van der Waals surface area contributed by atoms with E-state index in [1.807, 2.05) is 0 Å². The van der Waals surface area contributed by atoms with Crippen LogP contribution in [-0.2, 0) is 4.74 Å². The first kappa shape index (κ1) is 15.2. The number of aromatic hydroxyl groups is 1. The zero-order valence-electron chi connectivity index (χ0n) is 10.4. The van der Waals surface area contributed by atoms with E-state index in [0.29, 0.717) is 18.7 Å². The van der Waals surface area contributed by atoms with E-state index in [4.69, 9.17) is 4.74 Å². The van der Waals surface area contributed by atoms with Crippen LogP contribution in [-0.4, -0.2) is 30.8 Å². The smallest absolute Gasteiger partial charge is 0.255 e. The molecule has 0 atom stereocenters. The third-order valence-corrected chi connectivity index (χ3v) is 2.97. The van der Waals surface area contributed by atoms with Crippen molar-refractivity contribution in [3.8, 4) is 5.75 Å². The third-order valence-electron chi connectivity index (χ3n) is 2.30. The van der Waals surface area contributed by atoms with Gasteiger partial charge in [-0.15, -0.1) is 0 Å². The Labute approximate surface area is 121 Å². The highest BCUT2D eigenvalue weighted by atomic mass is 127. The lowest BCUT2D eigenvalue weighted by molar-refractivity contribution is 0.0938. The number of phenolic OH excluding ortho intramolecular Hbond substituents is 1. The first-order valence-electron chi connectivity index (χ1n) is 5.99. The number of phenols is 1. The lowest BCUT2D eigenvalue weighted by Gasteiger charge is -2.07. The Hall–Kier alpha value is -0.820. The lowest BCUT2D eigenvalue weighted by Crippen LogP contribution is -2.25. The van der Waals surface area contributed by atoms with Gasteiger partial charge < -0.3 is 15.2 Å². The Kier molecular flexibility index (Phi) is 7.04. The maximum Gasteiger partial charge on any atom is 0.255 e. The van der Waals surface area contributed by atoms with Gasteiger partial charge in [0.2, 0.25) is 0 Å². The molecule has 5 heteroatoms. The first-order chi connectivity index (χ1) is 8.65. The van der Waals surface area contributed by atoms with Crippen LogP contribution in [0.2, 0.25) is 0 Å². The van der Waals surface area contributed by atoms with Crippen LogP contribution < -0.4 is 5.32 Å². The van der Waals surface area contributed by atoms with Crippen molar-refractivity contribution < 1.29 is 14.6 Å². The Morgan fingerprint density at radius 2 is 2.22 bits per heavy atom. The normalized spacial score (nSPS) is 10.3. The second-order valence-electron chi connectivity index (χ2n) is 3.88. The number of halogens is 1. The predicted octanol–water partition coefficient (Wildman–Crippen LogP) is 2.54. The zero-order chi connectivity index (χ0) is 13.4. The summed E-state index contributed by atoms with van der Waals surface area (Å²) in [4.78, 5) is 11.8. The van der Waals surface area contributed by atoms with Gasteiger partial charge in [0, 0.05) is 23.3 Å². The number of nitrogens with one attached hydrogen (secondary N) is 1. The number of carbonyl (C=O) groups excluding carboxylic acids is 1. The van der Waals surface area contributed by atoms with Gasteiger partial charge in [0.1, 0.15) is 5.75 Å². The van der Waals surface area contributed by atoms with Crippen molar-refractivity contribution in [1.29, 1.82) is 0 Å². The molecule has 0 bridgehead atoms. The summed E-state index contributed by atoms with van der Waals surface area (Å²) in [5, 5.41) is 12.4. The lowest BCUT2D eigenvalue weighted by atomic mass is 10.2. The number of carbonyl (C=O) groups is 1. The number of benzene rings is 1. The van der Waals surface area contributed by atoms with Crippen molar-refractivity contribution in [2.24, 2.45) is 0 Å². The standard InChI is InChI=1S/C13H18INO3/c1-2-7-18-8-3-6-15-13(17)11-9-10(14)4-5-12(11)16/h4-5,9,16H,2-3,6-8H2,1H3,(H,15,17). The highest BCUT2D eigenvalue weighted by Gasteiger charge is 2.10. The van der Waals surface area contributed by atoms with Crippen molar-refractivity contribution in [2.75, 3.05) is 19.8 Å². The molecule has 4 nitrogen and oxygen atoms in total. The van der Waals surface area contributed by atoms with E-state index in [2.05, 4.69) is 34.8 Å². The Morgan fingerprint density at radius 1 is 1.44 bits per heavy atom. The van der Waals surface area contributed by atoms with Crippen LogP contribution in [0.15, 0.2) is 18.2 Å². The van der Waals surface area contributed by atoms with Crippen LogP contribution in [0.3, 0.4) is 0 Å². The van der Waals surface area contributed by atoms with E-state index < -0.39 is 0 Å². The van der Waals surface area contributed by atoms with Gasteiger partial charge in [0.15, 0.2) is 0 Å². The monoisotopic (exact) mass is 363 g/mol.